The second-order valence-electron chi connectivity index (χ2n) is 7.74. The molecule has 5 rings (SSSR count). The molecule has 0 bridgehead atoms. The number of benzene rings is 2. The van der Waals surface area contributed by atoms with E-state index in [1.165, 1.54) is 30.7 Å². The number of hydrogen-bond donors (Lipinski definition) is 2. The van der Waals surface area contributed by atoms with Crippen LogP contribution in [0.25, 0.3) is 16.7 Å². The first-order chi connectivity index (χ1) is 16.7. The Balaban J connectivity index is 1.70. The lowest BCUT2D eigenvalue weighted by Crippen LogP contribution is -2.29. The lowest BCUT2D eigenvalue weighted by atomic mass is 9.95. The summed E-state index contributed by atoms with van der Waals surface area (Å²) in [5.74, 6) is -2.94. The number of hydrogen-bond acceptors (Lipinski definition) is 5. The van der Waals surface area contributed by atoms with Crippen LogP contribution in [-0.4, -0.2) is 33.1 Å². The van der Waals surface area contributed by atoms with E-state index >= 15 is 0 Å². The number of ketones is 1. The number of aromatic amines is 1. The number of alkyl halides is 3. The molecule has 1 unspecified atom stereocenters. The number of carbonyl (C=O) groups is 2. The van der Waals surface area contributed by atoms with Crippen LogP contribution in [-0.2, 0) is 9.59 Å². The lowest BCUT2D eigenvalue weighted by Gasteiger charge is -2.25. The number of anilines is 1. The average Bonchev–Trinajstić information content (AvgIpc) is 3.37. The molecule has 1 fully saturated rings. The minimum absolute atomic E-state index is 0.00589. The van der Waals surface area contributed by atoms with Gasteiger partial charge in [0.05, 0.1) is 11.6 Å². The highest BCUT2D eigenvalue weighted by Gasteiger charge is 2.47. The van der Waals surface area contributed by atoms with Crippen LogP contribution in [0.1, 0.15) is 17.2 Å². The summed E-state index contributed by atoms with van der Waals surface area (Å²) in [4.78, 5) is 34.4. The number of ether oxygens (including phenoxy) is 1. The predicted molar refractivity (Wildman–Crippen MR) is 120 cm³/mol. The van der Waals surface area contributed by atoms with E-state index in [-0.39, 0.29) is 11.3 Å². The van der Waals surface area contributed by atoms with Crippen molar-refractivity contribution in [3.63, 3.8) is 0 Å². The van der Waals surface area contributed by atoms with Crippen LogP contribution in [0.3, 0.4) is 0 Å². The summed E-state index contributed by atoms with van der Waals surface area (Å²) < 4.78 is 42.3. The minimum atomic E-state index is -4.94. The van der Waals surface area contributed by atoms with Gasteiger partial charge in [-0.1, -0.05) is 24.3 Å². The van der Waals surface area contributed by atoms with Gasteiger partial charge in [-0.25, -0.2) is 0 Å². The molecule has 0 aliphatic carbocycles. The number of halogens is 3. The Hall–Kier alpha value is -4.60. The number of carbonyl (C=O) groups excluding carboxylic acids is 2. The van der Waals surface area contributed by atoms with Gasteiger partial charge < -0.3 is 14.8 Å². The number of H-pyrrole nitrogens is 1. The zero-order chi connectivity index (χ0) is 24.7. The fourth-order valence-corrected chi connectivity index (χ4v) is 4.20. The molecular formula is C25H16F3N3O4. The molecule has 1 saturated heterocycles. The van der Waals surface area contributed by atoms with Gasteiger partial charge in [0.1, 0.15) is 11.5 Å². The van der Waals surface area contributed by atoms with Gasteiger partial charge in [-0.15, -0.1) is 13.2 Å². The number of aromatic nitrogens is 2. The molecule has 1 aliphatic rings. The molecule has 0 spiro atoms. The van der Waals surface area contributed by atoms with Crippen LogP contribution in [0.4, 0.5) is 18.9 Å². The highest BCUT2D eigenvalue weighted by molar-refractivity contribution is 6.51. The third-order valence-electron chi connectivity index (χ3n) is 5.64. The summed E-state index contributed by atoms with van der Waals surface area (Å²) in [7, 11) is 0. The highest BCUT2D eigenvalue weighted by Crippen LogP contribution is 2.43. The Morgan fingerprint density at radius 3 is 2.51 bits per heavy atom. The molecular weight excluding hydrogens is 463 g/mol. The summed E-state index contributed by atoms with van der Waals surface area (Å²) in [6.45, 7) is 0. The van der Waals surface area contributed by atoms with E-state index in [0.717, 1.165) is 17.0 Å². The number of nitrogens with one attached hydrogen (secondary N) is 1. The van der Waals surface area contributed by atoms with E-state index in [4.69, 9.17) is 0 Å². The Morgan fingerprint density at radius 1 is 1.03 bits per heavy atom. The van der Waals surface area contributed by atoms with E-state index < -0.39 is 35.6 Å². The molecule has 35 heavy (non-hydrogen) atoms. The minimum Gasteiger partial charge on any atom is -0.507 e. The molecule has 176 valence electrons. The Bertz CT molecular complexity index is 1480. The van der Waals surface area contributed by atoms with Gasteiger partial charge in [0.15, 0.2) is 0 Å². The number of nitrogens with zero attached hydrogens (tertiary/aromatic N) is 2. The van der Waals surface area contributed by atoms with Gasteiger partial charge in [0, 0.05) is 46.8 Å². The second-order valence-corrected chi connectivity index (χ2v) is 7.74. The average molecular weight is 479 g/mol. The number of rotatable bonds is 4. The largest absolute Gasteiger partial charge is 0.573 e. The number of aliphatic hydroxyl groups excluding tert-OH is 1. The molecule has 2 aromatic carbocycles. The number of aliphatic hydroxyl groups is 1. The molecule has 7 nitrogen and oxygen atoms in total. The van der Waals surface area contributed by atoms with Crippen molar-refractivity contribution in [3.05, 3.63) is 96.0 Å². The van der Waals surface area contributed by atoms with Crippen molar-refractivity contribution in [1.29, 1.82) is 0 Å². The topological polar surface area (TPSA) is 95.5 Å². The Kier molecular flexibility index (Phi) is 5.28. The van der Waals surface area contributed by atoms with Gasteiger partial charge in [-0.3, -0.25) is 19.5 Å². The summed E-state index contributed by atoms with van der Waals surface area (Å²) in [5, 5.41) is 11.9. The standard InChI is InChI=1S/C25H16F3N3O4/c26-25(27,28)35-16-5-3-4-15(12-16)31-21(14-8-10-29-11-9-14)20(23(33)24(31)34)22(32)18-13-30-19-7-2-1-6-17(18)19/h1-13,21,30,32H/b22-20-. The number of amides is 1. The number of Topliss-reactive ketones (excluding diaryl/α,β-unsaturated/α-hetero) is 1. The molecule has 0 radical (unpaired) electrons. The molecule has 1 amide bonds. The fraction of sp³-hybridized carbons (Fsp3) is 0.0800. The smallest absolute Gasteiger partial charge is 0.507 e. The summed E-state index contributed by atoms with van der Waals surface area (Å²) in [6.07, 6.45) is -0.518. The van der Waals surface area contributed by atoms with Crippen molar-refractivity contribution >= 4 is 34.0 Å². The van der Waals surface area contributed by atoms with Crippen LogP contribution in [0, 0.1) is 0 Å². The van der Waals surface area contributed by atoms with Crippen LogP contribution < -0.4 is 9.64 Å². The summed E-state index contributed by atoms with van der Waals surface area (Å²) in [5.41, 5.74) is 1.25. The quantitative estimate of drug-likeness (QED) is 0.242. The van der Waals surface area contributed by atoms with E-state index in [1.807, 2.05) is 0 Å². The van der Waals surface area contributed by atoms with Crippen LogP contribution in [0.5, 0.6) is 5.75 Å². The van der Waals surface area contributed by atoms with Crippen molar-refractivity contribution in [2.24, 2.45) is 0 Å². The van der Waals surface area contributed by atoms with Crippen LogP contribution in [0.15, 0.2) is 84.8 Å². The maximum Gasteiger partial charge on any atom is 0.573 e. The van der Waals surface area contributed by atoms with Gasteiger partial charge in [0.2, 0.25) is 0 Å². The molecule has 10 heteroatoms. The monoisotopic (exact) mass is 479 g/mol. The Labute approximate surface area is 196 Å². The van der Waals surface area contributed by atoms with Gasteiger partial charge >= 0.3 is 6.36 Å². The third kappa shape index (κ3) is 3.99. The van der Waals surface area contributed by atoms with Crippen molar-refractivity contribution < 1.29 is 32.6 Å². The molecule has 1 atom stereocenters. The zero-order valence-corrected chi connectivity index (χ0v) is 17.8. The Morgan fingerprint density at radius 2 is 1.77 bits per heavy atom. The normalized spacial score (nSPS) is 17.8. The number of pyridine rings is 1. The zero-order valence-electron chi connectivity index (χ0n) is 17.8. The number of para-hydroxylation sites is 1. The van der Waals surface area contributed by atoms with Crippen LogP contribution >= 0.6 is 0 Å². The van der Waals surface area contributed by atoms with Crippen molar-refractivity contribution in [1.82, 2.24) is 9.97 Å². The van der Waals surface area contributed by atoms with Gasteiger partial charge in [0.25, 0.3) is 11.7 Å². The summed E-state index contributed by atoms with van der Waals surface area (Å²) in [6, 6.07) is 13.9. The van der Waals surface area contributed by atoms with E-state index in [2.05, 4.69) is 14.7 Å². The molecule has 1 aliphatic heterocycles. The predicted octanol–water partition coefficient (Wildman–Crippen LogP) is 5.09. The van der Waals surface area contributed by atoms with E-state index in [1.54, 1.807) is 36.4 Å². The van der Waals surface area contributed by atoms with Crippen molar-refractivity contribution in [3.8, 4) is 5.75 Å². The highest BCUT2D eigenvalue weighted by atomic mass is 19.4. The van der Waals surface area contributed by atoms with Crippen molar-refractivity contribution in [2.45, 2.75) is 12.4 Å². The van der Waals surface area contributed by atoms with Gasteiger partial charge in [-0.05, 0) is 35.9 Å². The first-order valence-corrected chi connectivity index (χ1v) is 10.4. The summed E-state index contributed by atoms with van der Waals surface area (Å²) >= 11 is 0. The van der Waals surface area contributed by atoms with Gasteiger partial charge in [-0.2, -0.15) is 0 Å². The molecule has 4 aromatic rings. The first kappa shape index (κ1) is 22.2. The molecule has 2 N–H and O–H groups in total. The third-order valence-corrected chi connectivity index (χ3v) is 5.64. The van der Waals surface area contributed by atoms with E-state index in [9.17, 15) is 27.9 Å². The lowest BCUT2D eigenvalue weighted by molar-refractivity contribution is -0.274. The van der Waals surface area contributed by atoms with Crippen molar-refractivity contribution in [2.75, 3.05) is 4.90 Å². The molecule has 2 aromatic heterocycles. The fourth-order valence-electron chi connectivity index (χ4n) is 4.20. The van der Waals surface area contributed by atoms with Crippen LogP contribution in [0.2, 0.25) is 0 Å². The molecule has 3 heterocycles. The van der Waals surface area contributed by atoms with E-state index in [0.29, 0.717) is 22.0 Å². The maximum atomic E-state index is 13.2. The maximum absolute atomic E-state index is 13.2. The number of fused-ring (bicyclic) bond motifs is 1. The molecule has 0 saturated carbocycles. The SMILES string of the molecule is O=C1C(=O)N(c2cccc(OC(F)(F)F)c2)C(c2ccncc2)/C1=C(/O)c1c[nH]c2ccccc12. The second kappa shape index (κ2) is 8.32. The first-order valence-electron chi connectivity index (χ1n) is 10.4.